The SMILES string of the molecule is CC1(CNc2ncc(I)cn2)CCNCC1. The van der Waals surface area contributed by atoms with E-state index < -0.39 is 0 Å². The molecule has 0 saturated carbocycles. The molecule has 0 radical (unpaired) electrons. The van der Waals surface area contributed by atoms with Crippen molar-refractivity contribution in [3.05, 3.63) is 16.0 Å². The van der Waals surface area contributed by atoms with Crippen LogP contribution in [0.2, 0.25) is 0 Å². The van der Waals surface area contributed by atoms with E-state index in [1.54, 1.807) is 0 Å². The van der Waals surface area contributed by atoms with Gasteiger partial charge in [0.15, 0.2) is 0 Å². The summed E-state index contributed by atoms with van der Waals surface area (Å²) in [4.78, 5) is 8.50. The highest BCUT2D eigenvalue weighted by Gasteiger charge is 2.26. The third-order valence-electron chi connectivity index (χ3n) is 3.10. The summed E-state index contributed by atoms with van der Waals surface area (Å²) < 4.78 is 1.07. The number of nitrogens with zero attached hydrogens (tertiary/aromatic N) is 2. The highest BCUT2D eigenvalue weighted by Crippen LogP contribution is 2.27. The maximum atomic E-state index is 4.25. The standard InChI is InChI=1S/C11H17IN4/c1-11(2-4-13-5-3-11)8-16-10-14-6-9(12)7-15-10/h6-7,13H,2-5,8H2,1H3,(H,14,15,16). The van der Waals surface area contributed by atoms with Crippen LogP contribution in [0.5, 0.6) is 0 Å². The van der Waals surface area contributed by atoms with Crippen molar-refractivity contribution in [2.24, 2.45) is 5.41 Å². The summed E-state index contributed by atoms with van der Waals surface area (Å²) in [5.74, 6) is 0.736. The van der Waals surface area contributed by atoms with Crippen LogP contribution in [-0.2, 0) is 0 Å². The molecule has 1 fully saturated rings. The second-order valence-electron chi connectivity index (χ2n) is 4.64. The molecule has 16 heavy (non-hydrogen) atoms. The van der Waals surface area contributed by atoms with Gasteiger partial charge in [0.2, 0.25) is 5.95 Å². The predicted octanol–water partition coefficient (Wildman–Crippen LogP) is 1.88. The second kappa shape index (κ2) is 5.27. The summed E-state index contributed by atoms with van der Waals surface area (Å²) in [6.45, 7) is 5.51. The van der Waals surface area contributed by atoms with Gasteiger partial charge in [-0.05, 0) is 53.9 Å². The van der Waals surface area contributed by atoms with E-state index in [2.05, 4.69) is 50.1 Å². The number of halogens is 1. The minimum atomic E-state index is 0.373. The molecule has 0 amide bonds. The average molecular weight is 332 g/mol. The molecule has 0 atom stereocenters. The molecule has 88 valence electrons. The number of piperidine rings is 1. The molecule has 2 N–H and O–H groups in total. The van der Waals surface area contributed by atoms with Crippen LogP contribution >= 0.6 is 22.6 Å². The van der Waals surface area contributed by atoms with Crippen molar-refractivity contribution in [1.82, 2.24) is 15.3 Å². The summed E-state index contributed by atoms with van der Waals surface area (Å²) in [6.07, 6.45) is 6.09. The lowest BCUT2D eigenvalue weighted by Gasteiger charge is -2.34. The molecular formula is C11H17IN4. The smallest absolute Gasteiger partial charge is 0.222 e. The van der Waals surface area contributed by atoms with Crippen LogP contribution in [0.3, 0.4) is 0 Å². The number of rotatable bonds is 3. The van der Waals surface area contributed by atoms with Crippen LogP contribution in [0.15, 0.2) is 12.4 Å². The first-order valence-electron chi connectivity index (χ1n) is 5.60. The van der Waals surface area contributed by atoms with Crippen LogP contribution in [0.4, 0.5) is 5.95 Å². The fourth-order valence-corrected chi connectivity index (χ4v) is 2.18. The van der Waals surface area contributed by atoms with Crippen LogP contribution in [0, 0.1) is 8.99 Å². The first kappa shape index (κ1) is 12.0. The lowest BCUT2D eigenvalue weighted by molar-refractivity contribution is 0.247. The fourth-order valence-electron chi connectivity index (χ4n) is 1.90. The zero-order valence-electron chi connectivity index (χ0n) is 9.46. The number of hydrogen-bond acceptors (Lipinski definition) is 4. The lowest BCUT2D eigenvalue weighted by atomic mass is 9.81. The van der Waals surface area contributed by atoms with Gasteiger partial charge in [-0.3, -0.25) is 0 Å². The van der Waals surface area contributed by atoms with E-state index in [4.69, 9.17) is 0 Å². The maximum absolute atomic E-state index is 4.25. The molecule has 1 saturated heterocycles. The van der Waals surface area contributed by atoms with Gasteiger partial charge in [-0.1, -0.05) is 6.92 Å². The third kappa shape index (κ3) is 3.28. The Bertz CT molecular complexity index is 332. The van der Waals surface area contributed by atoms with Gasteiger partial charge in [-0.15, -0.1) is 0 Å². The molecule has 0 unspecified atom stereocenters. The molecule has 0 aromatic carbocycles. The molecule has 0 spiro atoms. The summed E-state index contributed by atoms with van der Waals surface area (Å²) in [7, 11) is 0. The molecule has 5 heteroatoms. The van der Waals surface area contributed by atoms with Crippen LogP contribution in [-0.4, -0.2) is 29.6 Å². The molecule has 1 aliphatic rings. The Morgan fingerprint density at radius 3 is 2.62 bits per heavy atom. The van der Waals surface area contributed by atoms with Gasteiger partial charge in [0, 0.05) is 22.5 Å². The Labute approximate surface area is 110 Å². The van der Waals surface area contributed by atoms with Crippen molar-refractivity contribution in [2.75, 3.05) is 25.0 Å². The van der Waals surface area contributed by atoms with Crippen molar-refractivity contribution in [1.29, 1.82) is 0 Å². The summed E-state index contributed by atoms with van der Waals surface area (Å²) in [5, 5.41) is 6.71. The van der Waals surface area contributed by atoms with E-state index in [9.17, 15) is 0 Å². The third-order valence-corrected chi connectivity index (χ3v) is 3.66. The topological polar surface area (TPSA) is 49.8 Å². The van der Waals surface area contributed by atoms with E-state index in [0.717, 1.165) is 29.2 Å². The van der Waals surface area contributed by atoms with E-state index in [0.29, 0.717) is 5.41 Å². The van der Waals surface area contributed by atoms with E-state index in [1.165, 1.54) is 12.8 Å². The Hall–Kier alpha value is -0.430. The minimum Gasteiger partial charge on any atom is -0.354 e. The number of hydrogen-bond donors (Lipinski definition) is 2. The Kier molecular flexibility index (Phi) is 3.96. The number of aromatic nitrogens is 2. The Morgan fingerprint density at radius 1 is 1.38 bits per heavy atom. The van der Waals surface area contributed by atoms with Gasteiger partial charge in [0.05, 0.1) is 0 Å². The van der Waals surface area contributed by atoms with Gasteiger partial charge >= 0.3 is 0 Å². The van der Waals surface area contributed by atoms with Crippen LogP contribution in [0.1, 0.15) is 19.8 Å². The molecule has 2 heterocycles. The molecule has 1 aliphatic heterocycles. The summed E-state index contributed by atoms with van der Waals surface area (Å²) >= 11 is 2.21. The zero-order chi connectivity index (χ0) is 11.4. The summed E-state index contributed by atoms with van der Waals surface area (Å²) in [6, 6.07) is 0. The largest absolute Gasteiger partial charge is 0.354 e. The molecular weight excluding hydrogens is 315 g/mol. The molecule has 1 aromatic heterocycles. The number of nitrogens with one attached hydrogen (secondary N) is 2. The van der Waals surface area contributed by atoms with Gasteiger partial charge in [0.25, 0.3) is 0 Å². The molecule has 0 bridgehead atoms. The highest BCUT2D eigenvalue weighted by atomic mass is 127. The van der Waals surface area contributed by atoms with Gasteiger partial charge in [-0.25, -0.2) is 9.97 Å². The second-order valence-corrected chi connectivity index (χ2v) is 5.88. The molecule has 0 aliphatic carbocycles. The van der Waals surface area contributed by atoms with E-state index in [1.807, 2.05) is 12.4 Å². The first-order valence-corrected chi connectivity index (χ1v) is 6.68. The van der Waals surface area contributed by atoms with Crippen molar-refractivity contribution in [3.8, 4) is 0 Å². The van der Waals surface area contributed by atoms with Gasteiger partial charge in [-0.2, -0.15) is 0 Å². The quantitative estimate of drug-likeness (QED) is 0.830. The Balaban J connectivity index is 1.88. The van der Waals surface area contributed by atoms with E-state index >= 15 is 0 Å². The zero-order valence-corrected chi connectivity index (χ0v) is 11.6. The first-order chi connectivity index (χ1) is 7.68. The van der Waals surface area contributed by atoms with Crippen molar-refractivity contribution in [2.45, 2.75) is 19.8 Å². The number of anilines is 1. The maximum Gasteiger partial charge on any atom is 0.222 e. The fraction of sp³-hybridized carbons (Fsp3) is 0.636. The normalized spacial score (nSPS) is 19.4. The molecule has 1 aromatic rings. The lowest BCUT2D eigenvalue weighted by Crippen LogP contribution is -2.39. The average Bonchev–Trinajstić information content (AvgIpc) is 2.29. The van der Waals surface area contributed by atoms with Gasteiger partial charge < -0.3 is 10.6 Å². The van der Waals surface area contributed by atoms with Crippen molar-refractivity contribution >= 4 is 28.5 Å². The van der Waals surface area contributed by atoms with Crippen LogP contribution in [0.25, 0.3) is 0 Å². The van der Waals surface area contributed by atoms with Gasteiger partial charge in [0.1, 0.15) is 0 Å². The summed E-state index contributed by atoms with van der Waals surface area (Å²) in [5.41, 5.74) is 0.373. The Morgan fingerprint density at radius 2 is 2.00 bits per heavy atom. The van der Waals surface area contributed by atoms with E-state index in [-0.39, 0.29) is 0 Å². The minimum absolute atomic E-state index is 0.373. The highest BCUT2D eigenvalue weighted by molar-refractivity contribution is 14.1. The van der Waals surface area contributed by atoms with Crippen molar-refractivity contribution < 1.29 is 0 Å². The molecule has 2 rings (SSSR count). The monoisotopic (exact) mass is 332 g/mol. The molecule has 4 nitrogen and oxygen atoms in total. The predicted molar refractivity (Wildman–Crippen MR) is 73.4 cm³/mol. The van der Waals surface area contributed by atoms with Crippen molar-refractivity contribution in [3.63, 3.8) is 0 Å². The van der Waals surface area contributed by atoms with Crippen LogP contribution < -0.4 is 10.6 Å².